The average Bonchev–Trinajstić information content (AvgIpc) is 1.27. The molecular weight excluding hydrogens is 250 g/mol. The molecule has 0 heterocycles. The van der Waals surface area contributed by atoms with Crippen LogP contribution >= 0.6 is 0 Å². The van der Waals surface area contributed by atoms with E-state index in [2.05, 4.69) is 0 Å². The maximum absolute atomic E-state index is 8.74. The van der Waals surface area contributed by atoms with Crippen LogP contribution in [0, 0.1) is 10.1 Å². The Hall–Kier alpha value is 0.0103. The van der Waals surface area contributed by atoms with Crippen LogP contribution < -0.4 is 5.34 Å². The predicted octanol–water partition coefficient (Wildman–Crippen LogP) is -2.32. The quantitative estimate of drug-likeness (QED) is 0.192. The van der Waals surface area contributed by atoms with Gasteiger partial charge in [-0.1, -0.05) is 0 Å². The number of hydrogen-bond acceptors (Lipinski definition) is 4. The minimum atomic E-state index is -4.67. The van der Waals surface area contributed by atoms with E-state index in [0.717, 1.165) is 0 Å². The van der Waals surface area contributed by atoms with Crippen LogP contribution in [0.1, 0.15) is 0 Å². The average molecular weight is 253 g/mol. The van der Waals surface area contributed by atoms with Crippen molar-refractivity contribution in [2.75, 3.05) is 0 Å². The summed E-state index contributed by atoms with van der Waals surface area (Å²) < 4.78 is 31.6. The van der Waals surface area contributed by atoms with Crippen molar-refractivity contribution in [3.8, 4) is 0 Å². The van der Waals surface area contributed by atoms with Gasteiger partial charge in [0, 0.05) is 27.7 Å². The Morgan fingerprint density at radius 3 is 1.33 bits per heavy atom. The zero-order valence-electron chi connectivity index (χ0n) is 3.74. The van der Waals surface area contributed by atoms with Gasteiger partial charge in [0.25, 0.3) is 0 Å². The van der Waals surface area contributed by atoms with Gasteiger partial charge in [0.1, 0.15) is 0 Å². The molecule has 0 aliphatic carbocycles. The fraction of sp³-hybridized carbons (Fsp3) is 0. The van der Waals surface area contributed by atoms with Gasteiger partial charge in [-0.2, -0.15) is 8.42 Å². The first kappa shape index (κ1) is 16.0. The van der Waals surface area contributed by atoms with E-state index in [1.807, 2.05) is 0 Å². The van der Waals surface area contributed by atoms with E-state index in [1.54, 1.807) is 0 Å². The van der Waals surface area contributed by atoms with Gasteiger partial charge in [-0.05, 0) is 0 Å². The number of nitrogens with one attached hydrogen (secondary N) is 1. The molecule has 0 aromatic rings. The van der Waals surface area contributed by atoms with Gasteiger partial charge in [-0.3, -0.25) is 19.2 Å². The smallest absolute Gasteiger partial charge is 0.267 e. The summed E-state index contributed by atoms with van der Waals surface area (Å²) in [6, 6.07) is 0. The molecule has 0 bridgehead atoms. The van der Waals surface area contributed by atoms with Crippen LogP contribution in [-0.4, -0.2) is 17.5 Å². The minimum Gasteiger partial charge on any atom is -0.267 e. The molecule has 61 valence electrons. The Balaban J connectivity index is -0.0000000800. The van der Waals surface area contributed by atoms with Crippen LogP contribution in [0.25, 0.3) is 0 Å². The van der Waals surface area contributed by atoms with E-state index >= 15 is 0 Å². The van der Waals surface area contributed by atoms with Crippen molar-refractivity contribution in [3.05, 3.63) is 10.1 Å². The van der Waals surface area contributed by atoms with Crippen LogP contribution in [0.4, 0.5) is 0 Å². The van der Waals surface area contributed by atoms with Crippen LogP contribution in [0.2, 0.25) is 0 Å². The summed E-state index contributed by atoms with van der Waals surface area (Å²) >= 11 is 0. The Kier molecular flexibility index (Phi) is 14.2. The summed E-state index contributed by atoms with van der Waals surface area (Å²) in [5.74, 6) is 0. The SMILES string of the molecule is O=S(=O)(O)O.O=[NH+][O-].[Ag]. The fourth-order valence-corrected chi connectivity index (χ4v) is 0. The van der Waals surface area contributed by atoms with Gasteiger partial charge < -0.3 is 0 Å². The third kappa shape index (κ3) is 2750000. The molecule has 0 aliphatic rings. The summed E-state index contributed by atoms with van der Waals surface area (Å²) in [6.07, 6.45) is 0. The first-order chi connectivity index (χ1) is 3.41. The molecule has 0 atom stereocenters. The molecule has 3 N–H and O–H groups in total. The Morgan fingerprint density at radius 1 is 1.33 bits per heavy atom. The summed E-state index contributed by atoms with van der Waals surface area (Å²) in [5, 5.41) is 8.38. The van der Waals surface area contributed by atoms with Crippen molar-refractivity contribution >= 4 is 10.4 Å². The molecule has 0 aromatic heterocycles. The van der Waals surface area contributed by atoms with E-state index in [1.165, 1.54) is 0 Å². The monoisotopic (exact) mass is 252 g/mol. The maximum atomic E-state index is 8.74. The van der Waals surface area contributed by atoms with Crippen molar-refractivity contribution in [1.29, 1.82) is 0 Å². The Labute approximate surface area is 66.1 Å². The van der Waals surface area contributed by atoms with Crippen molar-refractivity contribution in [2.45, 2.75) is 0 Å². The third-order valence-electron chi connectivity index (χ3n) is 0. The summed E-state index contributed by atoms with van der Waals surface area (Å²) in [7, 11) is -4.67. The van der Waals surface area contributed by atoms with E-state index < -0.39 is 10.4 Å². The fourth-order valence-electron chi connectivity index (χ4n) is 0. The van der Waals surface area contributed by atoms with E-state index in [0.29, 0.717) is 0 Å². The second kappa shape index (κ2) is 8.01. The van der Waals surface area contributed by atoms with Crippen molar-refractivity contribution < 1.29 is 45.2 Å². The molecule has 0 saturated carbocycles. The molecule has 1 radical (unpaired) electrons. The van der Waals surface area contributed by atoms with Gasteiger partial charge in [0.05, 0.1) is 0 Å². The molecule has 0 aliphatic heterocycles. The van der Waals surface area contributed by atoms with Crippen molar-refractivity contribution in [1.82, 2.24) is 0 Å². The minimum absolute atomic E-state index is 0. The normalized spacial score (nSPS) is 7.78. The molecule has 0 aromatic carbocycles. The zero-order chi connectivity index (χ0) is 7.21. The standard InChI is InChI=1S/Ag.HNO2.H2O4S/c;2-1-3;1-5(2,3)4/h;1H;(H2,1,2,3,4). The van der Waals surface area contributed by atoms with Gasteiger partial charge in [-0.25, -0.2) is 0 Å². The van der Waals surface area contributed by atoms with Gasteiger partial charge in [-0.15, -0.1) is 0 Å². The van der Waals surface area contributed by atoms with Crippen LogP contribution in [0.5, 0.6) is 0 Å². The maximum Gasteiger partial charge on any atom is 0.394 e. The van der Waals surface area contributed by atoms with Crippen molar-refractivity contribution in [2.24, 2.45) is 0 Å². The molecular formula is H3AgNO6S. The van der Waals surface area contributed by atoms with Crippen LogP contribution in [0.15, 0.2) is 0 Å². The second-order valence-corrected chi connectivity index (χ2v) is 1.43. The molecule has 0 spiro atoms. The van der Waals surface area contributed by atoms with E-state index in [-0.39, 0.29) is 27.7 Å². The molecule has 0 rings (SSSR count). The van der Waals surface area contributed by atoms with Gasteiger partial charge in [0.15, 0.2) is 0 Å². The first-order valence-electron chi connectivity index (χ1n) is 1.11. The van der Waals surface area contributed by atoms with Crippen molar-refractivity contribution in [3.63, 3.8) is 0 Å². The van der Waals surface area contributed by atoms with Crippen LogP contribution in [0.3, 0.4) is 0 Å². The van der Waals surface area contributed by atoms with Crippen LogP contribution in [-0.2, 0) is 32.8 Å². The first-order valence-corrected chi connectivity index (χ1v) is 2.50. The van der Waals surface area contributed by atoms with Gasteiger partial charge >= 0.3 is 10.4 Å². The van der Waals surface area contributed by atoms with E-state index in [4.69, 9.17) is 27.6 Å². The number of hydrogen-bond donors (Lipinski definition) is 3. The summed E-state index contributed by atoms with van der Waals surface area (Å²) in [4.78, 5) is 8.12. The molecule has 0 amide bonds. The van der Waals surface area contributed by atoms with Gasteiger partial charge in [0.2, 0.25) is 0 Å². The number of rotatable bonds is 0. The Bertz CT molecular complexity index is 127. The topological polar surface area (TPSA) is 129 Å². The molecule has 0 saturated heterocycles. The molecule has 9 heteroatoms. The molecule has 7 nitrogen and oxygen atoms in total. The largest absolute Gasteiger partial charge is 0.394 e. The summed E-state index contributed by atoms with van der Waals surface area (Å²) in [6.45, 7) is 0. The predicted molar refractivity (Wildman–Crippen MR) is 21.9 cm³/mol. The second-order valence-electron chi connectivity index (χ2n) is 0.531. The third-order valence-corrected chi connectivity index (χ3v) is 0. The molecule has 0 fully saturated rings. The Morgan fingerprint density at radius 2 is 1.33 bits per heavy atom. The zero-order valence-corrected chi connectivity index (χ0v) is 6.04. The molecule has 0 unspecified atom stereocenters. The molecule has 9 heavy (non-hydrogen) atoms. The van der Waals surface area contributed by atoms with E-state index in [9.17, 15) is 0 Å². The summed E-state index contributed by atoms with van der Waals surface area (Å²) in [5.41, 5.74) is 0.